The summed E-state index contributed by atoms with van der Waals surface area (Å²) in [5.41, 5.74) is 6.96. The molecule has 0 aliphatic heterocycles. The van der Waals surface area contributed by atoms with Crippen LogP contribution in [-0.2, 0) is 11.2 Å². The number of rotatable bonds is 6. The smallest absolute Gasteiger partial charge is 0.281 e. The third-order valence-electron chi connectivity index (χ3n) is 4.26. The van der Waals surface area contributed by atoms with Gasteiger partial charge in [0.15, 0.2) is 6.61 Å². The quantitative estimate of drug-likeness (QED) is 0.509. The minimum atomic E-state index is -0.593. The molecule has 2 aromatic rings. The number of phenols is 1. The van der Waals surface area contributed by atoms with Gasteiger partial charge in [0.25, 0.3) is 5.91 Å². The number of phenolic OH excluding ortho intramolecular Hbond substituents is 1. The standard InChI is InChI=1S/C20H25NO4.C2H6/c1-12(2)17-9-15(5-6-19(17)22)10-18-13(3)7-16(8-14(18)4)25-11-20(23)21-24;1-2/h5-9,12,22,24H,10-11H2,1-4H3,(H,21,23);1-2H3. The van der Waals surface area contributed by atoms with Crippen LogP contribution in [0.25, 0.3) is 0 Å². The average molecular weight is 373 g/mol. The second kappa shape index (κ2) is 10.6. The third-order valence-corrected chi connectivity index (χ3v) is 4.26. The summed E-state index contributed by atoms with van der Waals surface area (Å²) in [5.74, 6) is 0.592. The number of amides is 1. The third kappa shape index (κ3) is 6.29. The molecule has 0 fully saturated rings. The zero-order chi connectivity index (χ0) is 20.6. The van der Waals surface area contributed by atoms with Crippen LogP contribution in [0.4, 0.5) is 0 Å². The SMILES string of the molecule is CC.Cc1cc(OCC(=O)NO)cc(C)c1Cc1ccc(O)c(C(C)C)c1. The van der Waals surface area contributed by atoms with Gasteiger partial charge in [-0.05, 0) is 72.2 Å². The summed E-state index contributed by atoms with van der Waals surface area (Å²) in [7, 11) is 0. The summed E-state index contributed by atoms with van der Waals surface area (Å²) >= 11 is 0. The molecule has 27 heavy (non-hydrogen) atoms. The number of carbonyl (C=O) groups excluding carboxylic acids is 1. The largest absolute Gasteiger partial charge is 0.508 e. The molecule has 0 aliphatic carbocycles. The predicted octanol–water partition coefficient (Wildman–Crippen LogP) is 4.63. The Kier molecular flexibility index (Phi) is 8.82. The number of aryl methyl sites for hydroxylation is 2. The first kappa shape index (κ1) is 22.5. The second-order valence-electron chi connectivity index (χ2n) is 6.58. The lowest BCUT2D eigenvalue weighted by atomic mass is 9.93. The van der Waals surface area contributed by atoms with Crippen LogP contribution in [0.5, 0.6) is 11.5 Å². The van der Waals surface area contributed by atoms with Gasteiger partial charge in [0.2, 0.25) is 0 Å². The van der Waals surface area contributed by atoms with E-state index in [9.17, 15) is 9.90 Å². The topological polar surface area (TPSA) is 78.8 Å². The first-order valence-corrected chi connectivity index (χ1v) is 9.29. The maximum Gasteiger partial charge on any atom is 0.281 e. The monoisotopic (exact) mass is 373 g/mol. The Bertz CT molecular complexity index is 746. The fourth-order valence-electron chi connectivity index (χ4n) is 2.88. The van der Waals surface area contributed by atoms with E-state index in [1.54, 1.807) is 11.5 Å². The molecule has 0 aromatic heterocycles. The summed E-state index contributed by atoms with van der Waals surface area (Å²) in [5, 5.41) is 18.5. The van der Waals surface area contributed by atoms with E-state index in [-0.39, 0.29) is 12.5 Å². The Balaban J connectivity index is 0.00000176. The van der Waals surface area contributed by atoms with Crippen LogP contribution in [0.3, 0.4) is 0 Å². The van der Waals surface area contributed by atoms with Crippen LogP contribution in [0.15, 0.2) is 30.3 Å². The maximum absolute atomic E-state index is 11.1. The average Bonchev–Trinajstić information content (AvgIpc) is 2.65. The van der Waals surface area contributed by atoms with Gasteiger partial charge < -0.3 is 9.84 Å². The van der Waals surface area contributed by atoms with Gasteiger partial charge in [0.05, 0.1) is 0 Å². The van der Waals surface area contributed by atoms with Crippen LogP contribution in [0.1, 0.15) is 61.4 Å². The minimum Gasteiger partial charge on any atom is -0.508 e. The molecule has 0 unspecified atom stereocenters. The van der Waals surface area contributed by atoms with Crippen LogP contribution in [0.2, 0.25) is 0 Å². The first-order chi connectivity index (χ1) is 12.8. The highest BCUT2D eigenvalue weighted by Gasteiger charge is 2.11. The Hall–Kier alpha value is -2.53. The second-order valence-corrected chi connectivity index (χ2v) is 6.58. The molecule has 0 atom stereocenters. The van der Waals surface area contributed by atoms with Gasteiger partial charge in [-0.3, -0.25) is 10.0 Å². The molecule has 148 valence electrons. The van der Waals surface area contributed by atoms with Crippen molar-refractivity contribution >= 4 is 5.91 Å². The lowest BCUT2D eigenvalue weighted by molar-refractivity contribution is -0.131. The van der Waals surface area contributed by atoms with Crippen LogP contribution in [-0.4, -0.2) is 22.8 Å². The zero-order valence-corrected chi connectivity index (χ0v) is 17.1. The zero-order valence-electron chi connectivity index (χ0n) is 17.1. The summed E-state index contributed by atoms with van der Waals surface area (Å²) in [4.78, 5) is 11.1. The van der Waals surface area contributed by atoms with Gasteiger partial charge >= 0.3 is 0 Å². The number of benzene rings is 2. The van der Waals surface area contributed by atoms with E-state index in [2.05, 4.69) is 19.9 Å². The van der Waals surface area contributed by atoms with Crippen molar-refractivity contribution in [1.29, 1.82) is 0 Å². The van der Waals surface area contributed by atoms with Gasteiger partial charge in [0.1, 0.15) is 11.5 Å². The highest BCUT2D eigenvalue weighted by Crippen LogP contribution is 2.29. The number of hydrogen-bond donors (Lipinski definition) is 3. The summed E-state index contributed by atoms with van der Waals surface area (Å²) in [6, 6.07) is 9.51. The van der Waals surface area contributed by atoms with E-state index in [0.29, 0.717) is 11.5 Å². The molecule has 3 N–H and O–H groups in total. The van der Waals surface area contributed by atoms with Crippen LogP contribution in [0, 0.1) is 13.8 Å². The maximum atomic E-state index is 11.1. The van der Waals surface area contributed by atoms with Crippen molar-refractivity contribution in [2.75, 3.05) is 6.61 Å². The fraction of sp³-hybridized carbons (Fsp3) is 0.409. The molecule has 0 radical (unpaired) electrons. The number of ether oxygens (including phenoxy) is 1. The van der Waals surface area contributed by atoms with Crippen molar-refractivity contribution in [3.63, 3.8) is 0 Å². The Morgan fingerprint density at radius 1 is 1.11 bits per heavy atom. The molecule has 0 saturated carbocycles. The van der Waals surface area contributed by atoms with Crippen LogP contribution < -0.4 is 10.2 Å². The molecule has 1 amide bonds. The summed E-state index contributed by atoms with van der Waals surface area (Å²) < 4.78 is 5.39. The van der Waals surface area contributed by atoms with Crippen molar-refractivity contribution in [1.82, 2.24) is 5.48 Å². The van der Waals surface area contributed by atoms with Crippen molar-refractivity contribution in [2.45, 2.75) is 53.9 Å². The van der Waals surface area contributed by atoms with E-state index < -0.39 is 5.91 Å². The molecule has 0 heterocycles. The molecule has 0 bridgehead atoms. The molecule has 0 saturated heterocycles. The number of nitrogens with one attached hydrogen (secondary N) is 1. The Morgan fingerprint density at radius 2 is 1.70 bits per heavy atom. The lowest BCUT2D eigenvalue weighted by Gasteiger charge is -2.15. The normalized spacial score (nSPS) is 10.2. The summed E-state index contributed by atoms with van der Waals surface area (Å²) in [6.07, 6.45) is 0.759. The Morgan fingerprint density at radius 3 is 2.22 bits per heavy atom. The molecule has 0 aliphatic rings. The van der Waals surface area contributed by atoms with Crippen molar-refractivity contribution in [3.05, 3.63) is 58.1 Å². The van der Waals surface area contributed by atoms with E-state index >= 15 is 0 Å². The summed E-state index contributed by atoms with van der Waals surface area (Å²) in [6.45, 7) is 11.9. The van der Waals surface area contributed by atoms with E-state index in [0.717, 1.165) is 28.7 Å². The predicted molar refractivity (Wildman–Crippen MR) is 108 cm³/mol. The van der Waals surface area contributed by atoms with Crippen LogP contribution >= 0.6 is 0 Å². The van der Waals surface area contributed by atoms with Gasteiger partial charge in [-0.2, -0.15) is 0 Å². The number of hydrogen-bond acceptors (Lipinski definition) is 4. The van der Waals surface area contributed by atoms with E-state index in [4.69, 9.17) is 9.94 Å². The molecule has 5 heteroatoms. The minimum absolute atomic E-state index is 0.232. The first-order valence-electron chi connectivity index (χ1n) is 9.29. The van der Waals surface area contributed by atoms with E-state index in [1.165, 1.54) is 5.56 Å². The van der Waals surface area contributed by atoms with Crippen molar-refractivity contribution < 1.29 is 19.8 Å². The van der Waals surface area contributed by atoms with E-state index in [1.807, 2.05) is 45.9 Å². The fourth-order valence-corrected chi connectivity index (χ4v) is 2.88. The van der Waals surface area contributed by atoms with Crippen molar-refractivity contribution in [3.8, 4) is 11.5 Å². The molecular weight excluding hydrogens is 342 g/mol. The van der Waals surface area contributed by atoms with Gasteiger partial charge in [-0.1, -0.05) is 39.8 Å². The molecular formula is C22H31NO4. The highest BCUT2D eigenvalue weighted by molar-refractivity contribution is 5.76. The molecule has 5 nitrogen and oxygen atoms in total. The number of aromatic hydroxyl groups is 1. The van der Waals surface area contributed by atoms with Gasteiger partial charge in [-0.25, -0.2) is 5.48 Å². The number of carbonyl (C=O) groups is 1. The van der Waals surface area contributed by atoms with Crippen molar-refractivity contribution in [2.24, 2.45) is 0 Å². The van der Waals surface area contributed by atoms with Gasteiger partial charge in [0, 0.05) is 0 Å². The van der Waals surface area contributed by atoms with Gasteiger partial charge in [-0.15, -0.1) is 0 Å². The molecule has 2 rings (SSSR count). The lowest BCUT2D eigenvalue weighted by Crippen LogP contribution is -2.25. The number of hydroxylamine groups is 1. The molecule has 2 aromatic carbocycles. The highest BCUT2D eigenvalue weighted by atomic mass is 16.5. The molecule has 0 spiro atoms. The Labute approximate surface area is 162 Å².